The fraction of sp³-hybridized carbons (Fsp3) is 1.00. The van der Waals surface area contributed by atoms with Gasteiger partial charge >= 0.3 is 0 Å². The van der Waals surface area contributed by atoms with Crippen molar-refractivity contribution in [2.24, 2.45) is 23.2 Å². The molecule has 12 heavy (non-hydrogen) atoms. The van der Waals surface area contributed by atoms with E-state index in [2.05, 4.69) is 20.8 Å². The van der Waals surface area contributed by atoms with E-state index >= 15 is 0 Å². The second-order valence-electron chi connectivity index (χ2n) is 5.65. The van der Waals surface area contributed by atoms with Crippen molar-refractivity contribution in [1.82, 2.24) is 0 Å². The van der Waals surface area contributed by atoms with E-state index in [1.54, 1.807) is 6.42 Å². The molecule has 0 N–H and O–H groups in total. The Morgan fingerprint density at radius 2 is 1.67 bits per heavy atom. The molecule has 0 saturated heterocycles. The first-order valence-electron chi connectivity index (χ1n) is 5.07. The Bertz CT molecular complexity index is 157. The highest BCUT2D eigenvalue weighted by Gasteiger charge is 2.44. The molecule has 2 aliphatic carbocycles. The summed E-state index contributed by atoms with van der Waals surface area (Å²) in [7, 11) is 0. The quantitative estimate of drug-likeness (QED) is 0.542. The second-order valence-corrected chi connectivity index (χ2v) is 5.65. The zero-order valence-electron chi connectivity index (χ0n) is 8.56. The Labute approximate surface area is 83.6 Å². The van der Waals surface area contributed by atoms with Crippen molar-refractivity contribution in [3.63, 3.8) is 0 Å². The maximum Gasteiger partial charge on any atom is -0.0334 e. The molecule has 72 valence electrons. The van der Waals surface area contributed by atoms with Gasteiger partial charge in [0.25, 0.3) is 0 Å². The molecule has 2 rings (SSSR count). The first-order valence-corrected chi connectivity index (χ1v) is 5.07. The Balaban J connectivity index is 0.000000720. The fourth-order valence-corrected chi connectivity index (χ4v) is 3.31. The van der Waals surface area contributed by atoms with Crippen molar-refractivity contribution >= 4 is 13.5 Å². The van der Waals surface area contributed by atoms with Crippen LogP contribution in [-0.2, 0) is 0 Å². The number of rotatable bonds is 0. The monoisotopic (exact) mass is 186 g/mol. The van der Waals surface area contributed by atoms with Crippen LogP contribution in [0.1, 0.15) is 46.5 Å². The average Bonchev–Trinajstić information content (AvgIpc) is 2.42. The SMILES string of the molecule is CC(C)(C)C1C[C@@H]2CC[C@H]1C2.S. The minimum absolute atomic E-state index is 0. The highest BCUT2D eigenvalue weighted by atomic mass is 32.1. The molecule has 0 aromatic carbocycles. The third kappa shape index (κ3) is 1.66. The van der Waals surface area contributed by atoms with Gasteiger partial charge in [-0.2, -0.15) is 13.5 Å². The molecule has 2 aliphatic rings. The summed E-state index contributed by atoms with van der Waals surface area (Å²) < 4.78 is 0. The van der Waals surface area contributed by atoms with Crippen molar-refractivity contribution < 1.29 is 0 Å². The summed E-state index contributed by atoms with van der Waals surface area (Å²) in [5.41, 5.74) is 0.583. The third-order valence-electron chi connectivity index (χ3n) is 3.85. The molecular formula is C11H22S. The van der Waals surface area contributed by atoms with Crippen molar-refractivity contribution in [2.75, 3.05) is 0 Å². The predicted octanol–water partition coefficient (Wildman–Crippen LogP) is 3.58. The van der Waals surface area contributed by atoms with Crippen LogP contribution in [0, 0.1) is 23.2 Å². The Morgan fingerprint density at radius 1 is 1.00 bits per heavy atom. The van der Waals surface area contributed by atoms with Crippen LogP contribution in [0.5, 0.6) is 0 Å². The number of hydrogen-bond acceptors (Lipinski definition) is 0. The second kappa shape index (κ2) is 3.25. The van der Waals surface area contributed by atoms with Gasteiger partial charge in [-0.15, -0.1) is 0 Å². The Kier molecular flexibility index (Phi) is 2.82. The Morgan fingerprint density at radius 3 is 1.92 bits per heavy atom. The molecule has 3 atom stereocenters. The summed E-state index contributed by atoms with van der Waals surface area (Å²) in [6, 6.07) is 0. The van der Waals surface area contributed by atoms with E-state index in [0.29, 0.717) is 5.41 Å². The van der Waals surface area contributed by atoms with Crippen LogP contribution in [-0.4, -0.2) is 0 Å². The van der Waals surface area contributed by atoms with Crippen LogP contribution in [0.2, 0.25) is 0 Å². The molecule has 0 aliphatic heterocycles. The van der Waals surface area contributed by atoms with E-state index in [-0.39, 0.29) is 13.5 Å². The molecule has 2 bridgehead atoms. The number of hydrogen-bond donors (Lipinski definition) is 0. The lowest BCUT2D eigenvalue weighted by atomic mass is 9.72. The topological polar surface area (TPSA) is 0 Å². The van der Waals surface area contributed by atoms with Gasteiger partial charge in [0.2, 0.25) is 0 Å². The molecule has 2 saturated carbocycles. The zero-order valence-corrected chi connectivity index (χ0v) is 9.56. The molecule has 0 heterocycles. The normalized spacial score (nSPS) is 39.8. The Hall–Kier alpha value is 0.350. The van der Waals surface area contributed by atoms with Gasteiger partial charge in [-0.1, -0.05) is 27.2 Å². The molecule has 0 radical (unpaired) electrons. The lowest BCUT2D eigenvalue weighted by molar-refractivity contribution is 0.161. The molecular weight excluding hydrogens is 164 g/mol. The lowest BCUT2D eigenvalue weighted by Gasteiger charge is -2.34. The third-order valence-corrected chi connectivity index (χ3v) is 3.85. The predicted molar refractivity (Wildman–Crippen MR) is 58.8 cm³/mol. The van der Waals surface area contributed by atoms with E-state index < -0.39 is 0 Å². The highest BCUT2D eigenvalue weighted by molar-refractivity contribution is 7.59. The standard InChI is InChI=1S/C11H20.H2S/c1-11(2,3)10-7-8-4-5-9(10)6-8;/h8-10H,4-7H2,1-3H3;1H2/t8-,9+,10?;/m1./s1. The molecule has 0 amide bonds. The maximum absolute atomic E-state index is 2.42. The van der Waals surface area contributed by atoms with Gasteiger partial charge < -0.3 is 0 Å². The molecule has 1 unspecified atom stereocenters. The molecule has 0 spiro atoms. The average molecular weight is 186 g/mol. The van der Waals surface area contributed by atoms with E-state index in [4.69, 9.17) is 0 Å². The summed E-state index contributed by atoms with van der Waals surface area (Å²) in [5, 5.41) is 0. The first-order chi connectivity index (χ1) is 5.07. The van der Waals surface area contributed by atoms with Gasteiger partial charge in [-0.25, -0.2) is 0 Å². The summed E-state index contributed by atoms with van der Waals surface area (Å²) >= 11 is 0. The van der Waals surface area contributed by atoms with Crippen molar-refractivity contribution in [3.8, 4) is 0 Å². The van der Waals surface area contributed by atoms with E-state index in [1.165, 1.54) is 19.3 Å². The van der Waals surface area contributed by atoms with E-state index in [9.17, 15) is 0 Å². The van der Waals surface area contributed by atoms with Crippen LogP contribution in [0.4, 0.5) is 0 Å². The lowest BCUT2D eigenvalue weighted by Crippen LogP contribution is -2.25. The summed E-state index contributed by atoms with van der Waals surface area (Å²) in [4.78, 5) is 0. The minimum Gasteiger partial charge on any atom is -0.197 e. The first kappa shape index (κ1) is 10.4. The van der Waals surface area contributed by atoms with E-state index in [1.807, 2.05) is 0 Å². The molecule has 0 aromatic heterocycles. The van der Waals surface area contributed by atoms with Crippen LogP contribution in [0.25, 0.3) is 0 Å². The molecule has 0 nitrogen and oxygen atoms in total. The van der Waals surface area contributed by atoms with Crippen LogP contribution in [0.3, 0.4) is 0 Å². The van der Waals surface area contributed by atoms with Gasteiger partial charge in [0, 0.05) is 0 Å². The van der Waals surface area contributed by atoms with Crippen molar-refractivity contribution in [1.29, 1.82) is 0 Å². The molecule has 2 fully saturated rings. The summed E-state index contributed by atoms with van der Waals surface area (Å²) in [6.45, 7) is 7.25. The van der Waals surface area contributed by atoms with Crippen LogP contribution in [0.15, 0.2) is 0 Å². The van der Waals surface area contributed by atoms with Crippen molar-refractivity contribution in [3.05, 3.63) is 0 Å². The smallest absolute Gasteiger partial charge is 0.0334 e. The maximum atomic E-state index is 2.42. The fourth-order valence-electron chi connectivity index (χ4n) is 3.31. The number of fused-ring (bicyclic) bond motifs is 2. The molecule has 1 heteroatoms. The van der Waals surface area contributed by atoms with Gasteiger partial charge in [0.05, 0.1) is 0 Å². The van der Waals surface area contributed by atoms with Crippen molar-refractivity contribution in [2.45, 2.75) is 46.5 Å². The van der Waals surface area contributed by atoms with Gasteiger partial charge in [0.15, 0.2) is 0 Å². The summed E-state index contributed by atoms with van der Waals surface area (Å²) in [6.07, 6.45) is 6.17. The zero-order chi connectivity index (χ0) is 8.06. The van der Waals surface area contributed by atoms with Gasteiger partial charge in [-0.3, -0.25) is 0 Å². The van der Waals surface area contributed by atoms with E-state index in [0.717, 1.165) is 17.8 Å². The van der Waals surface area contributed by atoms with Crippen LogP contribution >= 0.6 is 13.5 Å². The highest BCUT2D eigenvalue weighted by Crippen LogP contribution is 2.54. The van der Waals surface area contributed by atoms with Gasteiger partial charge in [-0.05, 0) is 42.4 Å². The van der Waals surface area contributed by atoms with Crippen LogP contribution < -0.4 is 0 Å². The largest absolute Gasteiger partial charge is 0.197 e. The minimum atomic E-state index is 0. The summed E-state index contributed by atoms with van der Waals surface area (Å²) in [5.74, 6) is 3.26. The van der Waals surface area contributed by atoms with Gasteiger partial charge in [0.1, 0.15) is 0 Å². The molecule has 0 aromatic rings.